The first-order chi connectivity index (χ1) is 31.4. The number of thiazole rings is 1. The molecule has 0 saturated carbocycles. The second kappa shape index (κ2) is 20.4. The van der Waals surface area contributed by atoms with Gasteiger partial charge in [-0.1, -0.05) is 19.1 Å². The van der Waals surface area contributed by atoms with E-state index in [0.717, 1.165) is 24.6 Å². The number of nitrogens with zero attached hydrogens (tertiary/aromatic N) is 8. The lowest BCUT2D eigenvalue weighted by molar-refractivity contribution is 0.0358. The number of carbonyl (C=O) groups is 4. The number of ether oxygens (including phenoxy) is 5. The third kappa shape index (κ3) is 9.86. The van der Waals surface area contributed by atoms with Crippen LogP contribution in [0.4, 0.5) is 16.3 Å². The Morgan fingerprint density at radius 1 is 0.831 bits per heavy atom. The van der Waals surface area contributed by atoms with Crippen LogP contribution in [0.1, 0.15) is 77.5 Å². The highest BCUT2D eigenvalue weighted by Gasteiger charge is 2.26. The number of halogens is 1. The molecule has 0 bridgehead atoms. The topological polar surface area (TPSA) is 208 Å². The normalized spacial score (nSPS) is 13.2. The Kier molecular flexibility index (Phi) is 14.5. The quantitative estimate of drug-likeness (QED) is 0.0592. The van der Waals surface area contributed by atoms with Gasteiger partial charge in [-0.25, -0.2) is 28.9 Å². The summed E-state index contributed by atoms with van der Waals surface area (Å²) in [6, 6.07) is 6.20. The molecule has 4 aromatic heterocycles. The lowest BCUT2D eigenvalue weighted by atomic mass is 10.2. The first-order valence-corrected chi connectivity index (χ1v) is 21.9. The predicted molar refractivity (Wildman–Crippen MR) is 240 cm³/mol. The molecule has 1 saturated heterocycles. The number of rotatable bonds is 18. The zero-order chi connectivity index (χ0) is 46.4. The molecule has 344 valence electrons. The molecule has 2 aromatic carbocycles. The molecule has 1 aliphatic rings. The number of morpholine rings is 1. The summed E-state index contributed by atoms with van der Waals surface area (Å²) in [6.45, 7) is 11.6. The third-order valence-electron chi connectivity index (χ3n) is 10.8. The summed E-state index contributed by atoms with van der Waals surface area (Å²) >= 11 is 1.28. The number of hydrogen-bond acceptors (Lipinski definition) is 15. The van der Waals surface area contributed by atoms with E-state index in [1.54, 1.807) is 34.3 Å². The Bertz CT molecular complexity index is 2790. The number of benzene rings is 2. The third-order valence-corrected chi connectivity index (χ3v) is 11.8. The van der Waals surface area contributed by atoms with Crippen LogP contribution in [0.3, 0.4) is 0 Å². The number of methoxy groups -OCH3 is 3. The van der Waals surface area contributed by atoms with Crippen molar-refractivity contribution >= 4 is 69.1 Å². The molecule has 6 aromatic rings. The van der Waals surface area contributed by atoms with Gasteiger partial charge in [0.1, 0.15) is 27.4 Å². The van der Waals surface area contributed by atoms with Gasteiger partial charge in [0.25, 0.3) is 11.8 Å². The summed E-state index contributed by atoms with van der Waals surface area (Å²) in [5, 5.41) is 10.6. The van der Waals surface area contributed by atoms with Crippen LogP contribution in [0.25, 0.3) is 22.1 Å². The lowest BCUT2D eigenvalue weighted by Gasteiger charge is -2.26. The van der Waals surface area contributed by atoms with E-state index in [9.17, 15) is 19.2 Å². The number of aromatic nitrogens is 7. The van der Waals surface area contributed by atoms with E-state index in [-0.39, 0.29) is 59.8 Å². The monoisotopic (exact) mass is 914 g/mol. The Morgan fingerprint density at radius 2 is 1.42 bits per heavy atom. The van der Waals surface area contributed by atoms with Gasteiger partial charge in [0.2, 0.25) is 11.9 Å². The fourth-order valence-electron chi connectivity index (χ4n) is 7.61. The van der Waals surface area contributed by atoms with E-state index in [1.807, 2.05) is 19.9 Å². The minimum atomic E-state index is -0.783. The van der Waals surface area contributed by atoms with Crippen molar-refractivity contribution in [1.82, 2.24) is 38.8 Å². The minimum absolute atomic E-state index is 0.0339. The molecule has 1 fully saturated rings. The van der Waals surface area contributed by atoms with Crippen molar-refractivity contribution in [1.29, 1.82) is 0 Å². The molecule has 19 nitrogen and oxygen atoms in total. The van der Waals surface area contributed by atoms with Crippen molar-refractivity contribution in [2.45, 2.75) is 60.2 Å². The first kappa shape index (κ1) is 46.3. The molecule has 0 radical (unpaired) electrons. The maximum Gasteiger partial charge on any atom is 0.338 e. The summed E-state index contributed by atoms with van der Waals surface area (Å²) in [5.41, 5.74) is 2.45. The van der Waals surface area contributed by atoms with Crippen molar-refractivity contribution in [3.05, 3.63) is 80.3 Å². The Balaban J connectivity index is 1.27. The average molecular weight is 915 g/mol. The van der Waals surface area contributed by atoms with Gasteiger partial charge >= 0.3 is 11.9 Å². The van der Waals surface area contributed by atoms with E-state index in [2.05, 4.69) is 30.6 Å². The molecule has 0 unspecified atom stereocenters. The molecular weight excluding hydrogens is 864 g/mol. The highest BCUT2D eigenvalue weighted by molar-refractivity contribution is 7.13. The molecule has 0 aliphatic carbocycles. The van der Waals surface area contributed by atoms with Gasteiger partial charge in [0, 0.05) is 39.3 Å². The predicted octanol–water partition coefficient (Wildman–Crippen LogP) is 5.82. The van der Waals surface area contributed by atoms with E-state index in [1.165, 1.54) is 56.4 Å². The molecule has 65 heavy (non-hydrogen) atoms. The zero-order valence-electron chi connectivity index (χ0n) is 37.3. The number of allylic oxidation sites excluding steroid dienone is 2. The van der Waals surface area contributed by atoms with Crippen molar-refractivity contribution in [3.8, 4) is 11.5 Å². The fourth-order valence-corrected chi connectivity index (χ4v) is 8.51. The van der Waals surface area contributed by atoms with Crippen LogP contribution < -0.4 is 20.1 Å². The maximum absolute atomic E-state index is 15.3. The van der Waals surface area contributed by atoms with Crippen molar-refractivity contribution < 1.29 is 47.3 Å². The smallest absolute Gasteiger partial charge is 0.338 e. The molecule has 7 rings (SSSR count). The zero-order valence-corrected chi connectivity index (χ0v) is 38.1. The fraction of sp³-hybridized carbons (Fsp3) is 0.409. The van der Waals surface area contributed by atoms with Crippen LogP contribution >= 0.6 is 11.3 Å². The number of anilines is 2. The van der Waals surface area contributed by atoms with E-state index < -0.39 is 29.6 Å². The van der Waals surface area contributed by atoms with Gasteiger partial charge in [-0.15, -0.1) is 11.3 Å². The van der Waals surface area contributed by atoms with Crippen molar-refractivity contribution in [3.63, 3.8) is 0 Å². The number of amides is 2. The van der Waals surface area contributed by atoms with E-state index in [4.69, 9.17) is 28.7 Å². The van der Waals surface area contributed by atoms with Crippen LogP contribution in [0.5, 0.6) is 11.5 Å². The molecule has 0 atom stereocenters. The van der Waals surface area contributed by atoms with Crippen molar-refractivity contribution in [2.75, 3.05) is 71.4 Å². The molecular formula is C44H51FN10O9S. The van der Waals surface area contributed by atoms with Gasteiger partial charge < -0.3 is 32.8 Å². The minimum Gasteiger partial charge on any atom is -0.494 e. The van der Waals surface area contributed by atoms with Gasteiger partial charge in [0.15, 0.2) is 11.5 Å². The molecule has 0 spiro atoms. The standard InChI is InChI=1S/C44H51FN10O9S/c1-8-29-38(65-26(4)46-29)40(57)50-44-48-31-22-28(42(59)62-7)24-33(64-18-12-13-52-16-19-63-20-17-52)36(31)54(44)15-11-10-14-53-35-30(21-27(41(58)61-6)23-32(35)60-5)47-43(53)49-39(56)37-34(45)25(3)51-55(37)9-2/h10-11,21-24H,8-9,12-20H2,1-7H3,(H,47,49,56)(H,48,50,57)/b11-10+. The number of nitrogens with one attached hydrogen (secondary N) is 2. The molecule has 21 heteroatoms. The number of imidazole rings is 2. The van der Waals surface area contributed by atoms with Gasteiger partial charge in [-0.3, -0.25) is 29.8 Å². The van der Waals surface area contributed by atoms with Crippen LogP contribution in [0.15, 0.2) is 36.4 Å². The Morgan fingerprint density at radius 3 is 1.98 bits per heavy atom. The number of esters is 2. The maximum atomic E-state index is 15.3. The first-order valence-electron chi connectivity index (χ1n) is 21.1. The summed E-state index contributed by atoms with van der Waals surface area (Å²) in [5.74, 6) is -2.30. The summed E-state index contributed by atoms with van der Waals surface area (Å²) in [4.78, 5) is 69.9. The lowest BCUT2D eigenvalue weighted by Crippen LogP contribution is -2.37. The Labute approximate surface area is 377 Å². The number of hydrogen-bond donors (Lipinski definition) is 2. The highest BCUT2D eigenvalue weighted by atomic mass is 32.1. The molecule has 5 heterocycles. The molecule has 1 aliphatic heterocycles. The molecule has 2 amide bonds. The van der Waals surface area contributed by atoms with Crippen LogP contribution in [-0.4, -0.2) is 123 Å². The Hall–Kier alpha value is -6.71. The second-order valence-electron chi connectivity index (χ2n) is 14.9. The van der Waals surface area contributed by atoms with Crippen LogP contribution in [0, 0.1) is 19.7 Å². The number of fused-ring (bicyclic) bond motifs is 2. The summed E-state index contributed by atoms with van der Waals surface area (Å²) in [7, 11) is 3.98. The van der Waals surface area contributed by atoms with Gasteiger partial charge in [-0.05, 0) is 57.9 Å². The van der Waals surface area contributed by atoms with Gasteiger partial charge in [-0.2, -0.15) is 5.10 Å². The SMILES string of the molecule is CCc1nc(C)sc1C(=O)Nc1nc2cc(C(=O)OC)cc(OCCCN3CCOCC3)c2n1C/C=C/Cn1c(NC(=O)c2c(F)c(C)nn2CC)nc2cc(C(=O)OC)cc(OC)c21. The van der Waals surface area contributed by atoms with Crippen LogP contribution in [0.2, 0.25) is 0 Å². The summed E-state index contributed by atoms with van der Waals surface area (Å²) < 4.78 is 47.6. The summed E-state index contributed by atoms with van der Waals surface area (Å²) in [6.07, 6.45) is 4.87. The second-order valence-corrected chi connectivity index (χ2v) is 16.1. The number of aryl methyl sites for hydroxylation is 4. The van der Waals surface area contributed by atoms with Crippen LogP contribution in [-0.2, 0) is 40.3 Å². The van der Waals surface area contributed by atoms with Gasteiger partial charge in [0.05, 0.1) is 79.7 Å². The van der Waals surface area contributed by atoms with E-state index in [0.29, 0.717) is 71.0 Å². The number of carbonyl (C=O) groups excluding carboxylic acids is 4. The molecule has 2 N–H and O–H groups in total. The highest BCUT2D eigenvalue weighted by Crippen LogP contribution is 2.34. The van der Waals surface area contributed by atoms with Crippen molar-refractivity contribution in [2.24, 2.45) is 0 Å². The average Bonchev–Trinajstić information content (AvgIpc) is 4.06. The largest absolute Gasteiger partial charge is 0.494 e. The van der Waals surface area contributed by atoms with E-state index >= 15 is 4.39 Å².